The molecule has 0 spiro atoms. The smallest absolute Gasteiger partial charge is 0.219 e. The molecule has 17 heavy (non-hydrogen) atoms. The van der Waals surface area contributed by atoms with Gasteiger partial charge in [-0.2, -0.15) is 4.98 Å². The number of hydrogen-bond donors (Lipinski definition) is 1. The van der Waals surface area contributed by atoms with Gasteiger partial charge in [-0.3, -0.25) is 0 Å². The van der Waals surface area contributed by atoms with E-state index in [2.05, 4.69) is 33.4 Å². The predicted molar refractivity (Wildman–Crippen MR) is 67.1 cm³/mol. The molecular weight excluding hydrogens is 214 g/mol. The number of hydrogen-bond acceptors (Lipinski definition) is 4. The molecule has 0 amide bonds. The first-order chi connectivity index (χ1) is 8.34. The highest BCUT2D eigenvalue weighted by Crippen LogP contribution is 2.25. The third-order valence-corrected chi connectivity index (χ3v) is 3.02. The fourth-order valence-electron chi connectivity index (χ4n) is 1.89. The third kappa shape index (κ3) is 1.91. The Morgan fingerprint density at radius 2 is 2.29 bits per heavy atom. The first-order valence-electron chi connectivity index (χ1n) is 5.80. The van der Waals surface area contributed by atoms with Crippen LogP contribution in [0.2, 0.25) is 0 Å². The van der Waals surface area contributed by atoms with Crippen LogP contribution in [0.3, 0.4) is 0 Å². The second-order valence-electron chi connectivity index (χ2n) is 4.17. The van der Waals surface area contributed by atoms with Gasteiger partial charge in [0.15, 0.2) is 0 Å². The van der Waals surface area contributed by atoms with Gasteiger partial charge in [0.2, 0.25) is 5.88 Å². The minimum Gasteiger partial charge on any atom is -0.476 e. The summed E-state index contributed by atoms with van der Waals surface area (Å²) in [5.41, 5.74) is 2.29. The maximum Gasteiger partial charge on any atom is 0.219 e. The molecule has 1 aliphatic heterocycles. The van der Waals surface area contributed by atoms with Gasteiger partial charge >= 0.3 is 0 Å². The van der Waals surface area contributed by atoms with Gasteiger partial charge in [0.05, 0.1) is 0 Å². The Morgan fingerprint density at radius 1 is 1.41 bits per heavy atom. The Morgan fingerprint density at radius 3 is 3.06 bits per heavy atom. The topological polar surface area (TPSA) is 37.4 Å². The van der Waals surface area contributed by atoms with Gasteiger partial charge in [-0.1, -0.05) is 6.08 Å². The summed E-state index contributed by atoms with van der Waals surface area (Å²) in [5, 5.41) is 3.30. The summed E-state index contributed by atoms with van der Waals surface area (Å²) >= 11 is 0. The van der Waals surface area contributed by atoms with Crippen LogP contribution in [0.5, 0.6) is 5.88 Å². The van der Waals surface area contributed by atoms with Gasteiger partial charge in [0.1, 0.15) is 12.4 Å². The largest absolute Gasteiger partial charge is 0.476 e. The average molecular weight is 229 g/mol. The Hall–Kier alpha value is -1.81. The summed E-state index contributed by atoms with van der Waals surface area (Å²) in [5.74, 6) is 1.67. The monoisotopic (exact) mass is 229 g/mol. The fourth-order valence-corrected chi connectivity index (χ4v) is 1.89. The van der Waals surface area contributed by atoms with Crippen molar-refractivity contribution >= 4 is 5.82 Å². The highest BCUT2D eigenvalue weighted by molar-refractivity contribution is 5.55. The van der Waals surface area contributed by atoms with Gasteiger partial charge in [0, 0.05) is 31.4 Å². The standard InChI is InChI=1S/C13H15N3O/c1-16(11-3-2-4-11)12-6-5-10-9-14-7-8-17-13(10)15-12/h2-6,14H,7-9H2,1H3. The third-order valence-electron chi connectivity index (χ3n) is 3.02. The highest BCUT2D eigenvalue weighted by atomic mass is 16.5. The van der Waals surface area contributed by atoms with E-state index in [4.69, 9.17) is 4.74 Å². The van der Waals surface area contributed by atoms with Crippen molar-refractivity contribution in [2.45, 2.75) is 6.54 Å². The first kappa shape index (κ1) is 10.4. The molecule has 0 bridgehead atoms. The van der Waals surface area contributed by atoms with Crippen LogP contribution in [0, 0.1) is 0 Å². The van der Waals surface area contributed by atoms with Crippen LogP contribution in [0.1, 0.15) is 5.56 Å². The molecule has 1 N–H and O–H groups in total. The van der Waals surface area contributed by atoms with Crippen LogP contribution < -0.4 is 15.0 Å². The van der Waals surface area contributed by atoms with Crippen LogP contribution in [-0.4, -0.2) is 25.2 Å². The van der Waals surface area contributed by atoms with Gasteiger partial charge < -0.3 is 15.0 Å². The molecule has 2 heterocycles. The van der Waals surface area contributed by atoms with Gasteiger partial charge in [-0.05, 0) is 24.3 Å². The molecule has 0 radical (unpaired) electrons. The number of rotatable bonds is 2. The molecule has 3 rings (SSSR count). The van der Waals surface area contributed by atoms with Crippen LogP contribution in [0.15, 0.2) is 36.1 Å². The van der Waals surface area contributed by atoms with Gasteiger partial charge in [0.25, 0.3) is 0 Å². The zero-order valence-electron chi connectivity index (χ0n) is 9.81. The second-order valence-corrected chi connectivity index (χ2v) is 4.17. The Bertz CT molecular complexity index is 493. The van der Waals surface area contributed by atoms with Crippen molar-refractivity contribution in [2.75, 3.05) is 25.1 Å². The average Bonchev–Trinajstić information content (AvgIpc) is 2.50. The van der Waals surface area contributed by atoms with Crippen molar-refractivity contribution in [3.05, 3.63) is 41.6 Å². The zero-order chi connectivity index (χ0) is 11.7. The summed E-state index contributed by atoms with van der Waals surface area (Å²) in [6.07, 6.45) is 6.15. The van der Waals surface area contributed by atoms with Crippen LogP contribution in [0.25, 0.3) is 0 Å². The molecule has 1 aromatic heterocycles. The van der Waals surface area contributed by atoms with Crippen molar-refractivity contribution in [2.24, 2.45) is 0 Å². The first-order valence-corrected chi connectivity index (χ1v) is 5.80. The molecule has 0 atom stereocenters. The van der Waals surface area contributed by atoms with E-state index in [1.165, 1.54) is 5.70 Å². The molecule has 1 aromatic rings. The number of anilines is 1. The van der Waals surface area contributed by atoms with Gasteiger partial charge in [-0.15, -0.1) is 0 Å². The molecule has 4 nitrogen and oxygen atoms in total. The molecule has 0 unspecified atom stereocenters. The van der Waals surface area contributed by atoms with Crippen LogP contribution in [0.4, 0.5) is 5.82 Å². The van der Waals surface area contributed by atoms with Crippen molar-refractivity contribution in [1.29, 1.82) is 0 Å². The number of fused-ring (bicyclic) bond motifs is 1. The number of likely N-dealkylation sites (N-methyl/N-ethyl adjacent to an activating group) is 1. The fraction of sp³-hybridized carbons (Fsp3) is 0.308. The maximum atomic E-state index is 5.63. The van der Waals surface area contributed by atoms with E-state index in [0.717, 1.165) is 30.4 Å². The summed E-state index contributed by atoms with van der Waals surface area (Å²) < 4.78 is 5.63. The Kier molecular flexibility index (Phi) is 2.57. The van der Waals surface area contributed by atoms with Crippen LogP contribution >= 0.6 is 0 Å². The van der Waals surface area contributed by atoms with Crippen molar-refractivity contribution in [1.82, 2.24) is 10.3 Å². The predicted octanol–water partition coefficient (Wildman–Crippen LogP) is 1.45. The molecule has 0 aromatic carbocycles. The molecule has 0 fully saturated rings. The minimum absolute atomic E-state index is 0.676. The van der Waals surface area contributed by atoms with E-state index in [-0.39, 0.29) is 0 Å². The summed E-state index contributed by atoms with van der Waals surface area (Å²) in [7, 11) is 2.01. The van der Waals surface area contributed by atoms with E-state index < -0.39 is 0 Å². The molecule has 88 valence electrons. The highest BCUT2D eigenvalue weighted by Gasteiger charge is 2.14. The lowest BCUT2D eigenvalue weighted by molar-refractivity contribution is 0.314. The SMILES string of the molecule is CN(C1=CC=C1)c1ccc2c(n1)OCCNC2. The zero-order valence-corrected chi connectivity index (χ0v) is 9.81. The lowest BCUT2D eigenvalue weighted by Gasteiger charge is -2.22. The van der Waals surface area contributed by atoms with E-state index >= 15 is 0 Å². The normalized spacial score (nSPS) is 17.4. The van der Waals surface area contributed by atoms with E-state index in [1.807, 2.05) is 19.2 Å². The Balaban J connectivity index is 1.89. The molecular formula is C13H15N3O. The molecule has 4 heteroatoms. The summed E-state index contributed by atoms with van der Waals surface area (Å²) in [6.45, 7) is 2.38. The maximum absolute atomic E-state index is 5.63. The van der Waals surface area contributed by atoms with Gasteiger partial charge in [-0.25, -0.2) is 0 Å². The lowest BCUT2D eigenvalue weighted by Crippen LogP contribution is -2.18. The number of pyridine rings is 1. The van der Waals surface area contributed by atoms with E-state index in [0.29, 0.717) is 6.61 Å². The van der Waals surface area contributed by atoms with Crippen molar-refractivity contribution in [3.63, 3.8) is 0 Å². The number of aromatic nitrogens is 1. The van der Waals surface area contributed by atoms with Crippen molar-refractivity contribution in [3.8, 4) is 5.88 Å². The van der Waals surface area contributed by atoms with Crippen molar-refractivity contribution < 1.29 is 4.74 Å². The second kappa shape index (κ2) is 4.22. The molecule has 0 saturated carbocycles. The van der Waals surface area contributed by atoms with E-state index in [1.54, 1.807) is 0 Å². The molecule has 1 aliphatic carbocycles. The van der Waals surface area contributed by atoms with Crippen LogP contribution in [-0.2, 0) is 6.54 Å². The Labute approximate surface area is 101 Å². The number of allylic oxidation sites excluding steroid dienone is 3. The quantitative estimate of drug-likeness (QED) is 0.833. The number of nitrogens with zero attached hydrogens (tertiary/aromatic N) is 2. The lowest BCUT2D eigenvalue weighted by atomic mass is 10.2. The number of ether oxygens (including phenoxy) is 1. The molecule has 2 aliphatic rings. The summed E-state index contributed by atoms with van der Waals surface area (Å²) in [4.78, 5) is 6.62. The summed E-state index contributed by atoms with van der Waals surface area (Å²) in [6, 6.07) is 4.11. The van der Waals surface area contributed by atoms with E-state index in [9.17, 15) is 0 Å². The minimum atomic E-state index is 0.676. The number of nitrogens with one attached hydrogen (secondary N) is 1. The molecule has 0 saturated heterocycles.